The maximum Gasteiger partial charge on any atom is 0.354 e. The summed E-state index contributed by atoms with van der Waals surface area (Å²) in [6.07, 6.45) is 2.63. The summed E-state index contributed by atoms with van der Waals surface area (Å²) in [6, 6.07) is 3.47. The van der Waals surface area contributed by atoms with Crippen LogP contribution in [0.4, 0.5) is 5.69 Å². The molecule has 1 aromatic rings. The normalized spacial score (nSPS) is 19.6. The zero-order valence-corrected chi connectivity index (χ0v) is 9.80. The van der Waals surface area contributed by atoms with Crippen molar-refractivity contribution in [3.8, 4) is 0 Å². The van der Waals surface area contributed by atoms with Crippen molar-refractivity contribution in [2.75, 3.05) is 31.7 Å². The van der Waals surface area contributed by atoms with E-state index >= 15 is 0 Å². The number of ether oxygens (including phenoxy) is 1. The molecular formula is C12H16N2O3. The van der Waals surface area contributed by atoms with Gasteiger partial charge in [-0.1, -0.05) is 0 Å². The van der Waals surface area contributed by atoms with E-state index in [-0.39, 0.29) is 5.69 Å². The Morgan fingerprint density at radius 1 is 1.71 bits per heavy atom. The average molecular weight is 236 g/mol. The molecule has 0 aromatic carbocycles. The third kappa shape index (κ3) is 2.74. The van der Waals surface area contributed by atoms with Crippen LogP contribution in [0, 0.1) is 5.92 Å². The molecule has 1 atom stereocenters. The molecule has 92 valence electrons. The van der Waals surface area contributed by atoms with Gasteiger partial charge in [0.1, 0.15) is 5.69 Å². The zero-order chi connectivity index (χ0) is 12.3. The van der Waals surface area contributed by atoms with Crippen LogP contribution in [-0.2, 0) is 4.74 Å². The predicted octanol–water partition coefficient (Wildman–Crippen LogP) is 1.25. The van der Waals surface area contributed by atoms with Crippen LogP contribution in [0.2, 0.25) is 0 Å². The molecule has 0 saturated carbocycles. The van der Waals surface area contributed by atoms with Crippen molar-refractivity contribution < 1.29 is 14.6 Å². The van der Waals surface area contributed by atoms with Gasteiger partial charge >= 0.3 is 5.97 Å². The van der Waals surface area contributed by atoms with E-state index in [1.165, 1.54) is 0 Å². The fourth-order valence-corrected chi connectivity index (χ4v) is 2.17. The lowest BCUT2D eigenvalue weighted by Gasteiger charge is -2.18. The summed E-state index contributed by atoms with van der Waals surface area (Å²) in [5.41, 5.74) is 1.02. The number of carboxylic acids is 1. The lowest BCUT2D eigenvalue weighted by molar-refractivity contribution is 0.0690. The standard InChI is InChI=1S/C12H16N2O3/c1-17-8-9-3-5-14(7-9)10-2-4-13-11(6-10)12(15)16/h2,4,6,9H,3,5,7-8H2,1H3,(H,15,16). The molecule has 1 unspecified atom stereocenters. The number of aromatic nitrogens is 1. The van der Waals surface area contributed by atoms with E-state index in [9.17, 15) is 4.79 Å². The number of pyridine rings is 1. The molecule has 0 spiro atoms. The van der Waals surface area contributed by atoms with E-state index in [4.69, 9.17) is 9.84 Å². The van der Waals surface area contributed by atoms with Crippen LogP contribution in [0.1, 0.15) is 16.9 Å². The Labute approximate surface area is 100 Å². The van der Waals surface area contributed by atoms with E-state index in [0.717, 1.165) is 31.8 Å². The molecule has 5 heteroatoms. The molecule has 2 rings (SSSR count). The third-order valence-electron chi connectivity index (χ3n) is 3.02. The van der Waals surface area contributed by atoms with Crippen molar-refractivity contribution in [3.63, 3.8) is 0 Å². The zero-order valence-electron chi connectivity index (χ0n) is 9.80. The minimum absolute atomic E-state index is 0.0951. The van der Waals surface area contributed by atoms with Gasteiger partial charge in [-0.2, -0.15) is 0 Å². The van der Waals surface area contributed by atoms with Gasteiger partial charge in [0.25, 0.3) is 0 Å². The maximum atomic E-state index is 10.8. The number of aromatic carboxylic acids is 1. The number of anilines is 1. The monoisotopic (exact) mass is 236 g/mol. The van der Waals surface area contributed by atoms with Gasteiger partial charge in [0, 0.05) is 38.0 Å². The highest BCUT2D eigenvalue weighted by Crippen LogP contribution is 2.24. The highest BCUT2D eigenvalue weighted by Gasteiger charge is 2.23. The van der Waals surface area contributed by atoms with Crippen LogP contribution in [0.15, 0.2) is 18.3 Å². The summed E-state index contributed by atoms with van der Waals surface area (Å²) in [7, 11) is 1.71. The maximum absolute atomic E-state index is 10.8. The van der Waals surface area contributed by atoms with Crippen molar-refractivity contribution in [2.45, 2.75) is 6.42 Å². The molecule has 1 fully saturated rings. The second-order valence-electron chi connectivity index (χ2n) is 4.26. The van der Waals surface area contributed by atoms with Crippen LogP contribution in [0.3, 0.4) is 0 Å². The Morgan fingerprint density at radius 3 is 3.24 bits per heavy atom. The SMILES string of the molecule is COCC1CCN(c2ccnc(C(=O)O)c2)C1. The first-order chi connectivity index (χ1) is 8.20. The Bertz CT molecular complexity index is 408. The summed E-state index contributed by atoms with van der Waals surface area (Å²) < 4.78 is 5.14. The lowest BCUT2D eigenvalue weighted by Crippen LogP contribution is -2.21. The molecule has 1 N–H and O–H groups in total. The van der Waals surface area contributed by atoms with Crippen LogP contribution < -0.4 is 4.90 Å². The molecule has 5 nitrogen and oxygen atoms in total. The predicted molar refractivity (Wildman–Crippen MR) is 63.4 cm³/mol. The third-order valence-corrected chi connectivity index (χ3v) is 3.02. The van der Waals surface area contributed by atoms with Crippen molar-refractivity contribution in [2.24, 2.45) is 5.92 Å². The summed E-state index contributed by atoms with van der Waals surface area (Å²) in [4.78, 5) is 16.8. The second-order valence-corrected chi connectivity index (χ2v) is 4.26. The molecule has 1 aromatic heterocycles. The van der Waals surface area contributed by atoms with Crippen molar-refractivity contribution in [1.82, 2.24) is 4.98 Å². The Hall–Kier alpha value is -1.62. The van der Waals surface area contributed by atoms with Crippen molar-refractivity contribution >= 4 is 11.7 Å². The van der Waals surface area contributed by atoms with Gasteiger partial charge in [-0.15, -0.1) is 0 Å². The van der Waals surface area contributed by atoms with Gasteiger partial charge in [0.15, 0.2) is 0 Å². The summed E-state index contributed by atoms with van der Waals surface area (Å²) in [5, 5.41) is 8.89. The van der Waals surface area contributed by atoms with E-state index in [1.807, 2.05) is 6.07 Å². The van der Waals surface area contributed by atoms with Gasteiger partial charge in [-0.25, -0.2) is 9.78 Å². The van der Waals surface area contributed by atoms with E-state index < -0.39 is 5.97 Å². The lowest BCUT2D eigenvalue weighted by atomic mass is 10.1. The van der Waals surface area contributed by atoms with Gasteiger partial charge in [0.05, 0.1) is 6.61 Å². The first-order valence-corrected chi connectivity index (χ1v) is 5.64. The van der Waals surface area contributed by atoms with Crippen LogP contribution >= 0.6 is 0 Å². The van der Waals surface area contributed by atoms with Gasteiger partial charge in [0.2, 0.25) is 0 Å². The molecule has 1 aliphatic heterocycles. The minimum atomic E-state index is -0.987. The molecule has 0 bridgehead atoms. The van der Waals surface area contributed by atoms with E-state index in [2.05, 4.69) is 9.88 Å². The molecule has 0 amide bonds. The number of hydrogen-bond donors (Lipinski definition) is 1. The number of nitrogens with zero attached hydrogens (tertiary/aromatic N) is 2. The topological polar surface area (TPSA) is 62.7 Å². The summed E-state index contributed by atoms with van der Waals surface area (Å²) >= 11 is 0. The Kier molecular flexibility index (Phi) is 3.58. The van der Waals surface area contributed by atoms with Crippen molar-refractivity contribution in [3.05, 3.63) is 24.0 Å². The molecular weight excluding hydrogens is 220 g/mol. The first-order valence-electron chi connectivity index (χ1n) is 5.64. The molecule has 17 heavy (non-hydrogen) atoms. The molecule has 0 radical (unpaired) electrons. The number of carboxylic acid groups (broad SMARTS) is 1. The quantitative estimate of drug-likeness (QED) is 0.852. The largest absolute Gasteiger partial charge is 0.477 e. The number of methoxy groups -OCH3 is 1. The first kappa shape index (κ1) is 11.9. The fraction of sp³-hybridized carbons (Fsp3) is 0.500. The number of hydrogen-bond acceptors (Lipinski definition) is 4. The van der Waals surface area contributed by atoms with Gasteiger partial charge in [-0.3, -0.25) is 0 Å². The van der Waals surface area contributed by atoms with Crippen LogP contribution in [-0.4, -0.2) is 42.9 Å². The van der Waals surface area contributed by atoms with Crippen molar-refractivity contribution in [1.29, 1.82) is 0 Å². The van der Waals surface area contributed by atoms with Crippen LogP contribution in [0.25, 0.3) is 0 Å². The summed E-state index contributed by atoms with van der Waals surface area (Å²) in [5.74, 6) is -0.457. The minimum Gasteiger partial charge on any atom is -0.477 e. The van der Waals surface area contributed by atoms with E-state index in [1.54, 1.807) is 19.4 Å². The smallest absolute Gasteiger partial charge is 0.354 e. The molecule has 0 aliphatic carbocycles. The Morgan fingerprint density at radius 2 is 2.53 bits per heavy atom. The average Bonchev–Trinajstić information content (AvgIpc) is 2.78. The highest BCUT2D eigenvalue weighted by molar-refractivity contribution is 5.86. The fourth-order valence-electron chi connectivity index (χ4n) is 2.17. The van der Waals surface area contributed by atoms with Crippen LogP contribution in [0.5, 0.6) is 0 Å². The Balaban J connectivity index is 2.08. The van der Waals surface area contributed by atoms with Gasteiger partial charge in [-0.05, 0) is 18.6 Å². The van der Waals surface area contributed by atoms with E-state index in [0.29, 0.717) is 5.92 Å². The molecule has 1 aliphatic rings. The highest BCUT2D eigenvalue weighted by atomic mass is 16.5. The summed E-state index contributed by atoms with van der Waals surface area (Å²) in [6.45, 7) is 2.61. The molecule has 1 saturated heterocycles. The number of carbonyl (C=O) groups is 1. The second kappa shape index (κ2) is 5.14. The number of rotatable bonds is 4. The molecule has 2 heterocycles. The van der Waals surface area contributed by atoms with Gasteiger partial charge < -0.3 is 14.7 Å².